The van der Waals surface area contributed by atoms with Gasteiger partial charge in [-0.05, 0) is 37.5 Å². The minimum absolute atomic E-state index is 0.0769. The van der Waals surface area contributed by atoms with Gasteiger partial charge < -0.3 is 4.74 Å². The van der Waals surface area contributed by atoms with Crippen LogP contribution in [0.15, 0.2) is 5.38 Å². The molecule has 1 fully saturated rings. The van der Waals surface area contributed by atoms with Crippen LogP contribution < -0.4 is 0 Å². The van der Waals surface area contributed by atoms with Crippen molar-refractivity contribution in [3.05, 3.63) is 16.1 Å². The highest BCUT2D eigenvalue weighted by atomic mass is 35.5. The topological polar surface area (TPSA) is 22.1 Å². The lowest BCUT2D eigenvalue weighted by Gasteiger charge is -2.39. The van der Waals surface area contributed by atoms with Crippen molar-refractivity contribution in [1.29, 1.82) is 0 Å². The highest BCUT2D eigenvalue weighted by Gasteiger charge is 2.33. The van der Waals surface area contributed by atoms with Crippen molar-refractivity contribution >= 4 is 22.9 Å². The Labute approximate surface area is 125 Å². The number of ether oxygens (including phenoxy) is 1. The van der Waals surface area contributed by atoms with Gasteiger partial charge in [-0.15, -0.1) is 22.9 Å². The third-order valence-corrected chi connectivity index (χ3v) is 5.13. The van der Waals surface area contributed by atoms with Gasteiger partial charge in [0.2, 0.25) is 0 Å². The fraction of sp³-hybridized carbons (Fsp3) is 0.800. The van der Waals surface area contributed by atoms with Crippen LogP contribution in [0.2, 0.25) is 0 Å². The van der Waals surface area contributed by atoms with Crippen molar-refractivity contribution in [2.75, 3.05) is 0 Å². The first-order chi connectivity index (χ1) is 8.89. The molecular weight excluding hydrogens is 278 g/mol. The number of hydrogen-bond donors (Lipinski definition) is 0. The zero-order chi connectivity index (χ0) is 14.0. The molecule has 4 heteroatoms. The molecule has 1 aromatic rings. The van der Waals surface area contributed by atoms with Crippen molar-refractivity contribution in [2.45, 2.75) is 65.0 Å². The molecule has 0 spiro atoms. The fourth-order valence-corrected chi connectivity index (χ4v) is 4.32. The molecule has 3 unspecified atom stereocenters. The van der Waals surface area contributed by atoms with Crippen molar-refractivity contribution in [2.24, 2.45) is 11.3 Å². The Bertz CT molecular complexity index is 418. The average Bonchev–Trinajstić information content (AvgIpc) is 2.74. The molecule has 19 heavy (non-hydrogen) atoms. The summed E-state index contributed by atoms with van der Waals surface area (Å²) in [4.78, 5) is 4.51. The van der Waals surface area contributed by atoms with Gasteiger partial charge in [-0.1, -0.05) is 20.8 Å². The number of halogens is 1. The molecule has 0 aromatic carbocycles. The van der Waals surface area contributed by atoms with Crippen LogP contribution in [0.25, 0.3) is 0 Å². The van der Waals surface area contributed by atoms with E-state index in [9.17, 15) is 0 Å². The Morgan fingerprint density at radius 1 is 1.53 bits per heavy atom. The molecule has 1 aliphatic carbocycles. The van der Waals surface area contributed by atoms with Crippen LogP contribution in [0.1, 0.15) is 63.8 Å². The SMILES string of the molecule is CC1CC(OC(C)c2nc(CCl)cs2)CC(C)(C)C1. The van der Waals surface area contributed by atoms with Crippen LogP contribution in [-0.4, -0.2) is 11.1 Å². The number of hydrogen-bond acceptors (Lipinski definition) is 3. The minimum Gasteiger partial charge on any atom is -0.368 e. The van der Waals surface area contributed by atoms with Gasteiger partial charge in [0.1, 0.15) is 11.1 Å². The smallest absolute Gasteiger partial charge is 0.122 e. The van der Waals surface area contributed by atoms with E-state index in [1.54, 1.807) is 11.3 Å². The van der Waals surface area contributed by atoms with E-state index in [2.05, 4.69) is 32.7 Å². The summed E-state index contributed by atoms with van der Waals surface area (Å²) < 4.78 is 6.25. The predicted molar refractivity (Wildman–Crippen MR) is 81.8 cm³/mol. The van der Waals surface area contributed by atoms with E-state index >= 15 is 0 Å². The van der Waals surface area contributed by atoms with E-state index in [0.29, 0.717) is 17.4 Å². The van der Waals surface area contributed by atoms with Crippen LogP contribution in [0, 0.1) is 11.3 Å². The maximum atomic E-state index is 6.25. The molecule has 3 atom stereocenters. The molecule has 1 saturated carbocycles. The lowest BCUT2D eigenvalue weighted by Crippen LogP contribution is -2.33. The summed E-state index contributed by atoms with van der Waals surface area (Å²) in [5.41, 5.74) is 1.35. The van der Waals surface area contributed by atoms with Crippen LogP contribution in [0.5, 0.6) is 0 Å². The van der Waals surface area contributed by atoms with E-state index in [1.165, 1.54) is 12.8 Å². The molecule has 2 nitrogen and oxygen atoms in total. The average molecular weight is 302 g/mol. The molecular formula is C15H24ClNOS. The Morgan fingerprint density at radius 3 is 2.84 bits per heavy atom. The van der Waals surface area contributed by atoms with Crippen molar-refractivity contribution in [3.8, 4) is 0 Å². The van der Waals surface area contributed by atoms with Crippen molar-refractivity contribution < 1.29 is 4.74 Å². The third kappa shape index (κ3) is 4.17. The molecule has 108 valence electrons. The standard InChI is InChI=1S/C15H24ClNOS/c1-10-5-13(7-15(3,4)6-10)18-11(2)14-17-12(8-16)9-19-14/h9-11,13H,5-8H2,1-4H3. The summed E-state index contributed by atoms with van der Waals surface area (Å²) in [6.07, 6.45) is 4.05. The van der Waals surface area contributed by atoms with Crippen LogP contribution >= 0.6 is 22.9 Å². The second-order valence-corrected chi connectivity index (χ2v) is 7.78. The van der Waals surface area contributed by atoms with Gasteiger partial charge in [0.25, 0.3) is 0 Å². The number of thiazole rings is 1. The first-order valence-corrected chi connectivity index (χ1v) is 8.47. The molecule has 0 radical (unpaired) electrons. The van der Waals surface area contributed by atoms with Gasteiger partial charge in [-0.25, -0.2) is 4.98 Å². The Kier molecular flexibility index (Phi) is 4.91. The minimum atomic E-state index is 0.0769. The molecule has 0 aliphatic heterocycles. The number of rotatable bonds is 4. The zero-order valence-electron chi connectivity index (χ0n) is 12.3. The van der Waals surface area contributed by atoms with Crippen molar-refractivity contribution in [3.63, 3.8) is 0 Å². The van der Waals surface area contributed by atoms with E-state index in [1.807, 2.05) is 5.38 Å². The van der Waals surface area contributed by atoms with Crippen LogP contribution in [-0.2, 0) is 10.6 Å². The highest BCUT2D eigenvalue weighted by molar-refractivity contribution is 7.09. The van der Waals surface area contributed by atoms with Gasteiger partial charge in [0.05, 0.1) is 17.7 Å². The second kappa shape index (κ2) is 6.11. The largest absolute Gasteiger partial charge is 0.368 e. The maximum Gasteiger partial charge on any atom is 0.122 e. The molecule has 1 aromatic heterocycles. The van der Waals surface area contributed by atoms with Gasteiger partial charge in [0.15, 0.2) is 0 Å². The first kappa shape index (κ1) is 15.3. The number of alkyl halides is 1. The third-order valence-electron chi connectivity index (χ3n) is 3.80. The van der Waals surface area contributed by atoms with Crippen molar-refractivity contribution in [1.82, 2.24) is 4.98 Å². The van der Waals surface area contributed by atoms with E-state index in [-0.39, 0.29) is 6.10 Å². The maximum absolute atomic E-state index is 6.25. The first-order valence-electron chi connectivity index (χ1n) is 7.05. The lowest BCUT2D eigenvalue weighted by atomic mass is 9.71. The quantitative estimate of drug-likeness (QED) is 0.715. The van der Waals surface area contributed by atoms with Crippen LogP contribution in [0.3, 0.4) is 0 Å². The lowest BCUT2D eigenvalue weighted by molar-refractivity contribution is -0.0602. The summed E-state index contributed by atoms with van der Waals surface area (Å²) in [7, 11) is 0. The van der Waals surface area contributed by atoms with Gasteiger partial charge in [-0.2, -0.15) is 0 Å². The predicted octanol–water partition coefficient (Wildman–Crippen LogP) is 5.17. The highest BCUT2D eigenvalue weighted by Crippen LogP contribution is 2.41. The molecule has 0 saturated heterocycles. The summed E-state index contributed by atoms with van der Waals surface area (Å²) in [6, 6.07) is 0. The monoisotopic (exact) mass is 301 g/mol. The fourth-order valence-electron chi connectivity index (χ4n) is 3.28. The summed E-state index contributed by atoms with van der Waals surface area (Å²) in [5, 5.41) is 3.07. The molecule has 0 N–H and O–H groups in total. The van der Waals surface area contributed by atoms with E-state index in [0.717, 1.165) is 23.0 Å². The van der Waals surface area contributed by atoms with E-state index in [4.69, 9.17) is 16.3 Å². The van der Waals surface area contributed by atoms with Gasteiger partial charge in [-0.3, -0.25) is 0 Å². The van der Waals surface area contributed by atoms with Crippen LogP contribution in [0.4, 0.5) is 0 Å². The Balaban J connectivity index is 1.96. The van der Waals surface area contributed by atoms with E-state index < -0.39 is 0 Å². The number of nitrogens with zero attached hydrogens (tertiary/aromatic N) is 1. The zero-order valence-corrected chi connectivity index (χ0v) is 13.9. The molecule has 1 aliphatic rings. The normalized spacial score (nSPS) is 28.3. The molecule has 0 bridgehead atoms. The molecule has 1 heterocycles. The second-order valence-electron chi connectivity index (χ2n) is 6.62. The molecule has 0 amide bonds. The summed E-state index contributed by atoms with van der Waals surface area (Å²) in [5.74, 6) is 1.23. The van der Waals surface area contributed by atoms with Gasteiger partial charge >= 0.3 is 0 Å². The Morgan fingerprint density at radius 2 is 2.26 bits per heavy atom. The molecule has 2 rings (SSSR count). The Hall–Kier alpha value is -0.120. The summed E-state index contributed by atoms with van der Waals surface area (Å²) >= 11 is 7.45. The summed E-state index contributed by atoms with van der Waals surface area (Å²) in [6.45, 7) is 9.12. The van der Waals surface area contributed by atoms with Gasteiger partial charge in [0, 0.05) is 5.38 Å². The number of aromatic nitrogens is 1.